The quantitative estimate of drug-likeness (QED) is 0.750. The average molecular weight is 256 g/mol. The van der Waals surface area contributed by atoms with Gasteiger partial charge in [0.25, 0.3) is 5.92 Å². The Bertz CT molecular complexity index is 386. The summed E-state index contributed by atoms with van der Waals surface area (Å²) in [5.41, 5.74) is 6.88. The van der Waals surface area contributed by atoms with Crippen molar-refractivity contribution in [3.8, 4) is 0 Å². The first-order chi connectivity index (χ1) is 8.48. The maximum absolute atomic E-state index is 13.0. The molecule has 0 aliphatic carbocycles. The molecule has 1 aliphatic heterocycles. The number of nitrogens with one attached hydrogen (secondary N) is 1. The lowest BCUT2D eigenvalue weighted by Gasteiger charge is -2.24. The van der Waals surface area contributed by atoms with Crippen LogP contribution >= 0.6 is 0 Å². The number of rotatable bonds is 4. The Hall–Kier alpha value is -1.04. The first kappa shape index (κ1) is 13.4. The third-order valence-corrected chi connectivity index (χ3v) is 3.31. The monoisotopic (exact) mass is 256 g/mol. The minimum Gasteiger partial charge on any atom is -0.390 e. The largest absolute Gasteiger partial charge is 0.390 e. The van der Waals surface area contributed by atoms with Crippen LogP contribution in [0.1, 0.15) is 12.0 Å². The summed E-state index contributed by atoms with van der Waals surface area (Å²) < 4.78 is 26.1. The zero-order chi connectivity index (χ0) is 13.2. The van der Waals surface area contributed by atoms with E-state index in [0.717, 1.165) is 5.56 Å². The molecule has 0 radical (unpaired) electrons. The predicted molar refractivity (Wildman–Crippen MR) is 65.5 cm³/mol. The molecule has 18 heavy (non-hydrogen) atoms. The Morgan fingerprint density at radius 1 is 1.39 bits per heavy atom. The fourth-order valence-electron chi connectivity index (χ4n) is 2.29. The fourth-order valence-corrected chi connectivity index (χ4v) is 2.29. The van der Waals surface area contributed by atoms with Crippen LogP contribution in [-0.2, 0) is 6.42 Å². The van der Waals surface area contributed by atoms with E-state index in [2.05, 4.69) is 5.32 Å². The van der Waals surface area contributed by atoms with Crippen molar-refractivity contribution in [2.45, 2.75) is 37.0 Å². The highest BCUT2D eigenvalue weighted by Crippen LogP contribution is 2.27. The molecule has 1 aromatic carbocycles. The summed E-state index contributed by atoms with van der Waals surface area (Å²) in [5.74, 6) is -2.74. The molecular formula is C13H18F2N2O. The van der Waals surface area contributed by atoms with Crippen molar-refractivity contribution in [3.05, 3.63) is 35.9 Å². The van der Waals surface area contributed by atoms with Gasteiger partial charge in [0, 0.05) is 18.5 Å². The van der Waals surface area contributed by atoms with Crippen molar-refractivity contribution in [3.63, 3.8) is 0 Å². The third-order valence-electron chi connectivity index (χ3n) is 3.31. The number of hydrogen-bond donors (Lipinski definition) is 3. The Morgan fingerprint density at radius 3 is 2.61 bits per heavy atom. The van der Waals surface area contributed by atoms with E-state index in [1.807, 2.05) is 30.3 Å². The van der Waals surface area contributed by atoms with E-state index in [4.69, 9.17) is 5.73 Å². The molecule has 1 aliphatic rings. The molecule has 100 valence electrons. The molecule has 0 saturated carbocycles. The summed E-state index contributed by atoms with van der Waals surface area (Å²) in [6.07, 6.45) is -0.832. The standard InChI is InChI=1S/C13H18F2N2O/c14-13(15)7-11(17-8-13)12(18)10(16)6-9-4-2-1-3-5-9/h1-5,10-12,17-18H,6-8,16H2. The molecule has 3 unspecified atom stereocenters. The van der Waals surface area contributed by atoms with Gasteiger partial charge in [-0.3, -0.25) is 0 Å². The molecule has 4 N–H and O–H groups in total. The normalized spacial score (nSPS) is 25.9. The second-order valence-corrected chi connectivity index (χ2v) is 4.89. The van der Waals surface area contributed by atoms with E-state index in [9.17, 15) is 13.9 Å². The first-order valence-electron chi connectivity index (χ1n) is 6.07. The van der Waals surface area contributed by atoms with Gasteiger partial charge in [-0.1, -0.05) is 30.3 Å². The Kier molecular flexibility index (Phi) is 3.94. The van der Waals surface area contributed by atoms with Crippen molar-refractivity contribution in [1.29, 1.82) is 0 Å². The number of nitrogens with two attached hydrogens (primary N) is 1. The van der Waals surface area contributed by atoms with Crippen LogP contribution in [-0.4, -0.2) is 35.8 Å². The van der Waals surface area contributed by atoms with Gasteiger partial charge in [0.1, 0.15) is 0 Å². The Labute approximate surface area is 105 Å². The van der Waals surface area contributed by atoms with Crippen molar-refractivity contribution >= 4 is 0 Å². The molecule has 0 amide bonds. The van der Waals surface area contributed by atoms with Crippen molar-refractivity contribution in [1.82, 2.24) is 5.32 Å². The minimum atomic E-state index is -2.74. The highest BCUT2D eigenvalue weighted by atomic mass is 19.3. The molecule has 3 atom stereocenters. The maximum atomic E-state index is 13.0. The van der Waals surface area contributed by atoms with E-state index < -0.39 is 24.1 Å². The van der Waals surface area contributed by atoms with Crippen LogP contribution in [0.5, 0.6) is 0 Å². The van der Waals surface area contributed by atoms with Crippen LogP contribution in [0, 0.1) is 0 Å². The van der Waals surface area contributed by atoms with Crippen molar-refractivity contribution in [2.75, 3.05) is 6.54 Å². The van der Waals surface area contributed by atoms with Gasteiger partial charge >= 0.3 is 0 Å². The molecular weight excluding hydrogens is 238 g/mol. The smallest absolute Gasteiger partial charge is 0.261 e. The SMILES string of the molecule is NC(Cc1ccccc1)C(O)C1CC(F)(F)CN1. The van der Waals surface area contributed by atoms with Crippen LogP contribution < -0.4 is 11.1 Å². The molecule has 1 heterocycles. The predicted octanol–water partition coefficient (Wildman–Crippen LogP) is 0.915. The van der Waals surface area contributed by atoms with Gasteiger partial charge in [0.15, 0.2) is 0 Å². The first-order valence-corrected chi connectivity index (χ1v) is 6.07. The maximum Gasteiger partial charge on any atom is 0.261 e. The molecule has 1 aromatic rings. The van der Waals surface area contributed by atoms with Crippen LogP contribution in [0.4, 0.5) is 8.78 Å². The second-order valence-electron chi connectivity index (χ2n) is 4.89. The van der Waals surface area contributed by atoms with Crippen LogP contribution in [0.25, 0.3) is 0 Å². The zero-order valence-electron chi connectivity index (χ0n) is 10.0. The van der Waals surface area contributed by atoms with Crippen LogP contribution in [0.15, 0.2) is 30.3 Å². The number of hydrogen-bond acceptors (Lipinski definition) is 3. The molecule has 5 heteroatoms. The number of benzene rings is 1. The summed E-state index contributed by atoms with van der Waals surface area (Å²) in [4.78, 5) is 0. The van der Waals surface area contributed by atoms with Crippen LogP contribution in [0.2, 0.25) is 0 Å². The molecule has 0 aromatic heterocycles. The summed E-state index contributed by atoms with van der Waals surface area (Å²) in [6.45, 7) is -0.382. The molecule has 1 fully saturated rings. The lowest BCUT2D eigenvalue weighted by atomic mass is 9.96. The van der Waals surface area contributed by atoms with Gasteiger partial charge in [-0.25, -0.2) is 8.78 Å². The summed E-state index contributed by atoms with van der Waals surface area (Å²) in [6, 6.07) is 8.31. The van der Waals surface area contributed by atoms with E-state index in [1.165, 1.54) is 0 Å². The van der Waals surface area contributed by atoms with Gasteiger partial charge in [0.05, 0.1) is 12.6 Å². The Morgan fingerprint density at radius 2 is 2.06 bits per heavy atom. The minimum absolute atomic E-state index is 0.351. The second kappa shape index (κ2) is 5.30. The lowest BCUT2D eigenvalue weighted by molar-refractivity contribution is 0.0124. The van der Waals surface area contributed by atoms with Crippen molar-refractivity contribution in [2.24, 2.45) is 5.73 Å². The highest BCUT2D eigenvalue weighted by molar-refractivity contribution is 5.16. The van der Waals surface area contributed by atoms with Crippen LogP contribution in [0.3, 0.4) is 0 Å². The van der Waals surface area contributed by atoms with E-state index in [-0.39, 0.29) is 13.0 Å². The topological polar surface area (TPSA) is 58.3 Å². The average Bonchev–Trinajstić information content (AvgIpc) is 2.70. The highest BCUT2D eigenvalue weighted by Gasteiger charge is 2.43. The molecule has 3 nitrogen and oxygen atoms in total. The lowest BCUT2D eigenvalue weighted by Crippen LogP contribution is -2.48. The zero-order valence-corrected chi connectivity index (χ0v) is 10.0. The van der Waals surface area contributed by atoms with Gasteiger partial charge in [-0.15, -0.1) is 0 Å². The van der Waals surface area contributed by atoms with Crippen molar-refractivity contribution < 1.29 is 13.9 Å². The van der Waals surface area contributed by atoms with E-state index in [1.54, 1.807) is 0 Å². The summed E-state index contributed by atoms with van der Waals surface area (Å²) >= 11 is 0. The van der Waals surface area contributed by atoms with Gasteiger partial charge in [0.2, 0.25) is 0 Å². The third kappa shape index (κ3) is 3.25. The molecule has 0 bridgehead atoms. The van der Waals surface area contributed by atoms with E-state index in [0.29, 0.717) is 6.42 Å². The number of aliphatic hydroxyl groups is 1. The fraction of sp³-hybridized carbons (Fsp3) is 0.538. The van der Waals surface area contributed by atoms with Gasteiger partial charge in [-0.2, -0.15) is 0 Å². The molecule has 2 rings (SSSR count). The van der Waals surface area contributed by atoms with E-state index >= 15 is 0 Å². The number of aliphatic hydroxyl groups excluding tert-OH is 1. The Balaban J connectivity index is 1.91. The number of alkyl halides is 2. The molecule has 0 spiro atoms. The van der Waals surface area contributed by atoms with Gasteiger partial charge in [-0.05, 0) is 12.0 Å². The summed E-state index contributed by atoms with van der Waals surface area (Å²) in [7, 11) is 0. The summed E-state index contributed by atoms with van der Waals surface area (Å²) in [5, 5.41) is 12.6. The molecule has 1 saturated heterocycles. The van der Waals surface area contributed by atoms with Gasteiger partial charge < -0.3 is 16.2 Å². The number of halogens is 2.